The lowest BCUT2D eigenvalue weighted by Crippen LogP contribution is -2.02. The molecule has 4 nitrogen and oxygen atoms in total. The van der Waals surface area contributed by atoms with E-state index in [2.05, 4.69) is 15.6 Å². The van der Waals surface area contributed by atoms with Gasteiger partial charge in [0.25, 0.3) is 5.76 Å². The first-order valence-electron chi connectivity index (χ1n) is 4.43. The van der Waals surface area contributed by atoms with Gasteiger partial charge in [-0.25, -0.2) is 0 Å². The SMILES string of the molecule is O=C(Cc1[c-][nH]c(=O)o1)c1ccccc1. The van der Waals surface area contributed by atoms with Gasteiger partial charge in [0.2, 0.25) is 0 Å². The third kappa shape index (κ3) is 2.22. The van der Waals surface area contributed by atoms with E-state index in [1.165, 1.54) is 0 Å². The van der Waals surface area contributed by atoms with E-state index in [-0.39, 0.29) is 18.0 Å². The Kier molecular flexibility index (Phi) is 2.49. The Bertz CT molecular complexity index is 510. The van der Waals surface area contributed by atoms with Gasteiger partial charge in [0.1, 0.15) is 0 Å². The number of carbonyl (C=O) groups is 1. The van der Waals surface area contributed by atoms with Crippen molar-refractivity contribution < 1.29 is 9.21 Å². The van der Waals surface area contributed by atoms with E-state index < -0.39 is 5.76 Å². The Morgan fingerprint density at radius 1 is 1.33 bits per heavy atom. The highest BCUT2D eigenvalue weighted by Gasteiger charge is 2.05. The fourth-order valence-electron chi connectivity index (χ4n) is 1.24. The number of oxazole rings is 1. The molecular weight excluding hydrogens is 194 g/mol. The highest BCUT2D eigenvalue weighted by Crippen LogP contribution is 2.04. The van der Waals surface area contributed by atoms with Crippen molar-refractivity contribution in [3.8, 4) is 0 Å². The number of nitrogens with one attached hydrogen (secondary N) is 1. The topological polar surface area (TPSA) is 63.1 Å². The minimum absolute atomic E-state index is 0.0444. The van der Waals surface area contributed by atoms with Gasteiger partial charge < -0.3 is 14.2 Å². The highest BCUT2D eigenvalue weighted by molar-refractivity contribution is 5.97. The Labute approximate surface area is 85.6 Å². The summed E-state index contributed by atoms with van der Waals surface area (Å²) >= 11 is 0. The number of H-pyrrole nitrogens is 1. The number of Topliss-reactive ketones (excluding diaryl/α,β-unsaturated/α-hetero) is 1. The van der Waals surface area contributed by atoms with Crippen molar-refractivity contribution >= 4 is 5.78 Å². The molecular formula is C11H8NO3-. The number of aromatic amines is 1. The van der Waals surface area contributed by atoms with E-state index >= 15 is 0 Å². The summed E-state index contributed by atoms with van der Waals surface area (Å²) in [6.45, 7) is 0. The van der Waals surface area contributed by atoms with Gasteiger partial charge in [0, 0.05) is 11.3 Å². The van der Waals surface area contributed by atoms with Gasteiger partial charge in [0.15, 0.2) is 5.78 Å². The Morgan fingerprint density at radius 3 is 2.67 bits per heavy atom. The van der Waals surface area contributed by atoms with Gasteiger partial charge in [-0.15, -0.1) is 6.20 Å². The molecule has 0 amide bonds. The number of rotatable bonds is 3. The maximum Gasteiger partial charge on any atom is 0.250 e. The number of benzene rings is 1. The zero-order valence-electron chi connectivity index (χ0n) is 7.82. The van der Waals surface area contributed by atoms with Crippen molar-refractivity contribution in [2.24, 2.45) is 0 Å². The molecule has 0 aliphatic rings. The second-order valence-electron chi connectivity index (χ2n) is 3.03. The normalized spacial score (nSPS) is 10.1. The lowest BCUT2D eigenvalue weighted by atomic mass is 10.1. The van der Waals surface area contributed by atoms with E-state index in [0.29, 0.717) is 5.56 Å². The predicted molar refractivity (Wildman–Crippen MR) is 52.6 cm³/mol. The molecule has 1 heterocycles. The van der Waals surface area contributed by atoms with E-state index in [9.17, 15) is 9.59 Å². The summed E-state index contributed by atoms with van der Waals surface area (Å²) in [6, 6.07) is 8.83. The number of hydrogen-bond acceptors (Lipinski definition) is 3. The molecule has 1 N–H and O–H groups in total. The monoisotopic (exact) mass is 202 g/mol. The van der Waals surface area contributed by atoms with Crippen LogP contribution in [-0.4, -0.2) is 10.8 Å². The molecule has 0 atom stereocenters. The molecule has 0 aliphatic carbocycles. The molecule has 0 radical (unpaired) electrons. The summed E-state index contributed by atoms with van der Waals surface area (Å²) in [5.41, 5.74) is 0.592. The summed E-state index contributed by atoms with van der Waals surface area (Å²) in [6.07, 6.45) is 2.53. The van der Waals surface area contributed by atoms with Gasteiger partial charge in [-0.2, -0.15) is 0 Å². The Balaban J connectivity index is 2.14. The Hall–Kier alpha value is -2.10. The molecule has 2 rings (SSSR count). The van der Waals surface area contributed by atoms with Crippen molar-refractivity contribution in [3.63, 3.8) is 0 Å². The molecule has 1 aromatic carbocycles. The zero-order chi connectivity index (χ0) is 10.7. The van der Waals surface area contributed by atoms with Crippen molar-refractivity contribution in [3.05, 3.63) is 58.4 Å². The third-order valence-electron chi connectivity index (χ3n) is 1.94. The minimum atomic E-state index is -0.592. The third-order valence-corrected chi connectivity index (χ3v) is 1.94. The molecule has 76 valence electrons. The summed E-state index contributed by atoms with van der Waals surface area (Å²) < 4.78 is 4.69. The predicted octanol–water partition coefficient (Wildman–Crippen LogP) is 1.19. The summed E-state index contributed by atoms with van der Waals surface area (Å²) in [5.74, 6) is -0.464. The van der Waals surface area contributed by atoms with Crippen LogP contribution in [-0.2, 0) is 6.42 Å². The van der Waals surface area contributed by atoms with Crippen LogP contribution in [0.4, 0.5) is 0 Å². The second-order valence-corrected chi connectivity index (χ2v) is 3.03. The van der Waals surface area contributed by atoms with Crippen LogP contribution in [0.25, 0.3) is 0 Å². The molecule has 0 fully saturated rings. The molecule has 1 aromatic heterocycles. The van der Waals surface area contributed by atoms with Crippen LogP contribution in [0.1, 0.15) is 16.1 Å². The minimum Gasteiger partial charge on any atom is -0.518 e. The molecule has 0 saturated heterocycles. The van der Waals surface area contributed by atoms with Gasteiger partial charge >= 0.3 is 0 Å². The van der Waals surface area contributed by atoms with E-state index in [1.807, 2.05) is 6.07 Å². The van der Waals surface area contributed by atoms with E-state index in [0.717, 1.165) is 0 Å². The largest absolute Gasteiger partial charge is 0.518 e. The number of aromatic nitrogens is 1. The van der Waals surface area contributed by atoms with Crippen molar-refractivity contribution in [1.82, 2.24) is 4.98 Å². The first kappa shape index (κ1) is 9.45. The first-order chi connectivity index (χ1) is 7.25. The molecule has 0 bridgehead atoms. The van der Waals surface area contributed by atoms with Crippen LogP contribution in [0.5, 0.6) is 0 Å². The average molecular weight is 202 g/mol. The molecule has 0 saturated carbocycles. The van der Waals surface area contributed by atoms with Gasteiger partial charge in [-0.05, 0) is 0 Å². The van der Waals surface area contributed by atoms with E-state index in [1.54, 1.807) is 24.3 Å². The van der Waals surface area contributed by atoms with E-state index in [4.69, 9.17) is 0 Å². The fourth-order valence-corrected chi connectivity index (χ4v) is 1.24. The van der Waals surface area contributed by atoms with Crippen molar-refractivity contribution in [1.29, 1.82) is 0 Å². The molecule has 0 spiro atoms. The lowest BCUT2D eigenvalue weighted by Gasteiger charge is -1.99. The molecule has 4 heteroatoms. The lowest BCUT2D eigenvalue weighted by molar-refractivity contribution is 0.0986. The number of carbonyl (C=O) groups excluding carboxylic acids is 1. The maximum atomic E-state index is 11.6. The zero-order valence-corrected chi connectivity index (χ0v) is 7.82. The molecule has 15 heavy (non-hydrogen) atoms. The van der Waals surface area contributed by atoms with Gasteiger partial charge in [-0.3, -0.25) is 4.79 Å². The smallest absolute Gasteiger partial charge is 0.250 e. The van der Waals surface area contributed by atoms with Crippen LogP contribution in [0.15, 0.2) is 39.5 Å². The molecule has 0 unspecified atom stereocenters. The van der Waals surface area contributed by atoms with Crippen molar-refractivity contribution in [2.45, 2.75) is 6.42 Å². The maximum absolute atomic E-state index is 11.6. The summed E-state index contributed by atoms with van der Waals surface area (Å²) in [4.78, 5) is 24.5. The summed E-state index contributed by atoms with van der Waals surface area (Å²) in [7, 11) is 0. The van der Waals surface area contributed by atoms with Crippen molar-refractivity contribution in [2.75, 3.05) is 0 Å². The average Bonchev–Trinajstić information content (AvgIpc) is 2.65. The Morgan fingerprint density at radius 2 is 2.07 bits per heavy atom. The second kappa shape index (κ2) is 3.96. The molecule has 2 aromatic rings. The van der Waals surface area contributed by atoms with Gasteiger partial charge in [0.05, 0.1) is 6.42 Å². The van der Waals surface area contributed by atoms with Crippen LogP contribution in [0, 0.1) is 6.20 Å². The fraction of sp³-hybridized carbons (Fsp3) is 0.0909. The van der Waals surface area contributed by atoms with Crippen LogP contribution in [0.2, 0.25) is 0 Å². The quantitative estimate of drug-likeness (QED) is 0.600. The van der Waals surface area contributed by atoms with Gasteiger partial charge in [-0.1, -0.05) is 30.3 Å². The first-order valence-corrected chi connectivity index (χ1v) is 4.43. The summed E-state index contributed by atoms with van der Waals surface area (Å²) in [5, 5.41) is 0. The number of hydrogen-bond donors (Lipinski definition) is 1. The number of ketones is 1. The molecule has 0 aliphatic heterocycles. The van der Waals surface area contributed by atoms with Crippen LogP contribution in [0.3, 0.4) is 0 Å². The standard InChI is InChI=1S/C11H8NO3/c13-10(8-4-2-1-3-5-8)6-9-7-12-11(14)15-9/h1-5H,6H2,(H,12,14)/q-1. The van der Waals surface area contributed by atoms with Crippen LogP contribution >= 0.6 is 0 Å². The van der Waals surface area contributed by atoms with Crippen LogP contribution < -0.4 is 5.76 Å². The highest BCUT2D eigenvalue weighted by atomic mass is 16.4.